The van der Waals surface area contributed by atoms with Gasteiger partial charge in [0.05, 0.1) is 0 Å². The summed E-state index contributed by atoms with van der Waals surface area (Å²) >= 11 is 0. The molecule has 0 aromatic heterocycles. The average Bonchev–Trinajstić information content (AvgIpc) is 2.63. The van der Waals surface area contributed by atoms with Gasteiger partial charge in [0.25, 0.3) is 0 Å². The topological polar surface area (TPSA) is 69.9 Å². The summed E-state index contributed by atoms with van der Waals surface area (Å²) in [5, 5.41) is 0. The molecular formula is C18H28N4O2. The molecule has 1 unspecified atom stereocenters. The molecule has 1 fully saturated rings. The Labute approximate surface area is 144 Å². The van der Waals surface area contributed by atoms with Crippen molar-refractivity contribution in [1.29, 1.82) is 0 Å². The molecule has 0 saturated carbocycles. The summed E-state index contributed by atoms with van der Waals surface area (Å²) in [7, 11) is 0. The molecular weight excluding hydrogens is 304 g/mol. The van der Waals surface area contributed by atoms with E-state index in [0.717, 1.165) is 5.56 Å². The molecule has 132 valence electrons. The largest absolute Gasteiger partial charge is 0.337 e. The maximum absolute atomic E-state index is 12.8. The van der Waals surface area contributed by atoms with Gasteiger partial charge in [-0.1, -0.05) is 30.3 Å². The first kappa shape index (κ1) is 18.3. The third kappa shape index (κ3) is 3.70. The third-order valence-electron chi connectivity index (χ3n) is 4.69. The number of carbonyl (C=O) groups is 2. The lowest BCUT2D eigenvalue weighted by atomic mass is 9.91. The molecule has 1 heterocycles. The van der Waals surface area contributed by atoms with Crippen molar-refractivity contribution in [1.82, 2.24) is 14.7 Å². The number of carbonyl (C=O) groups excluding carboxylic acids is 2. The predicted octanol–water partition coefficient (Wildman–Crippen LogP) is 1.47. The maximum Gasteiger partial charge on any atom is 0.320 e. The Kier molecular flexibility index (Phi) is 5.83. The molecule has 1 aliphatic heterocycles. The standard InChI is InChI=1S/C18H28N4O2/c1-4-20(5-2)17(24)22-13-11-21(12-14-22)16(23)18(3,19)15-9-7-6-8-10-15/h6-10H,4-5,11-14,19H2,1-3H3. The monoisotopic (exact) mass is 332 g/mol. The first-order chi connectivity index (χ1) is 11.4. The molecule has 1 atom stereocenters. The van der Waals surface area contributed by atoms with E-state index in [0.29, 0.717) is 39.3 Å². The van der Waals surface area contributed by atoms with Crippen LogP contribution in [0.1, 0.15) is 26.3 Å². The van der Waals surface area contributed by atoms with Crippen LogP contribution < -0.4 is 5.73 Å². The van der Waals surface area contributed by atoms with Crippen LogP contribution in [-0.2, 0) is 10.3 Å². The molecule has 0 spiro atoms. The van der Waals surface area contributed by atoms with Crippen LogP contribution in [0.15, 0.2) is 30.3 Å². The van der Waals surface area contributed by atoms with E-state index >= 15 is 0 Å². The summed E-state index contributed by atoms with van der Waals surface area (Å²) in [5.41, 5.74) is 6.07. The van der Waals surface area contributed by atoms with Crippen LogP contribution in [0.3, 0.4) is 0 Å². The highest BCUT2D eigenvalue weighted by Gasteiger charge is 2.36. The van der Waals surface area contributed by atoms with Gasteiger partial charge in [-0.05, 0) is 26.3 Å². The summed E-state index contributed by atoms with van der Waals surface area (Å²) in [6.45, 7) is 9.22. The lowest BCUT2D eigenvalue weighted by molar-refractivity contribution is -0.138. The van der Waals surface area contributed by atoms with Crippen molar-refractivity contribution in [2.45, 2.75) is 26.3 Å². The Morgan fingerprint density at radius 3 is 2.04 bits per heavy atom. The summed E-state index contributed by atoms with van der Waals surface area (Å²) < 4.78 is 0. The van der Waals surface area contributed by atoms with E-state index < -0.39 is 5.54 Å². The molecule has 2 N–H and O–H groups in total. The van der Waals surface area contributed by atoms with Gasteiger partial charge in [0, 0.05) is 39.3 Å². The summed E-state index contributed by atoms with van der Waals surface area (Å²) in [5.74, 6) is -0.0939. The van der Waals surface area contributed by atoms with Crippen molar-refractivity contribution in [2.75, 3.05) is 39.3 Å². The van der Waals surface area contributed by atoms with E-state index in [9.17, 15) is 9.59 Å². The van der Waals surface area contributed by atoms with Crippen LogP contribution in [0.5, 0.6) is 0 Å². The third-order valence-corrected chi connectivity index (χ3v) is 4.69. The molecule has 0 radical (unpaired) electrons. The number of benzene rings is 1. The second-order valence-electron chi connectivity index (χ2n) is 6.30. The first-order valence-corrected chi connectivity index (χ1v) is 8.59. The molecule has 3 amide bonds. The van der Waals surface area contributed by atoms with Crippen molar-refractivity contribution in [2.24, 2.45) is 5.73 Å². The van der Waals surface area contributed by atoms with Gasteiger partial charge in [-0.2, -0.15) is 0 Å². The van der Waals surface area contributed by atoms with Crippen LogP contribution in [0, 0.1) is 0 Å². The lowest BCUT2D eigenvalue weighted by Crippen LogP contribution is -2.58. The van der Waals surface area contributed by atoms with E-state index in [1.165, 1.54) is 0 Å². The van der Waals surface area contributed by atoms with Crippen LogP contribution >= 0.6 is 0 Å². The van der Waals surface area contributed by atoms with Crippen LogP contribution in [0.2, 0.25) is 0 Å². The molecule has 1 aromatic rings. The minimum absolute atomic E-state index is 0.0469. The zero-order chi connectivity index (χ0) is 17.7. The molecule has 6 nitrogen and oxygen atoms in total. The Balaban J connectivity index is 1.99. The normalized spacial score (nSPS) is 17.3. The first-order valence-electron chi connectivity index (χ1n) is 8.59. The molecule has 1 aliphatic rings. The quantitative estimate of drug-likeness (QED) is 0.908. The fourth-order valence-corrected chi connectivity index (χ4v) is 3.03. The van der Waals surface area contributed by atoms with Gasteiger partial charge in [0.15, 0.2) is 0 Å². The molecule has 1 saturated heterocycles. The van der Waals surface area contributed by atoms with Gasteiger partial charge < -0.3 is 20.4 Å². The minimum atomic E-state index is -1.05. The van der Waals surface area contributed by atoms with E-state index in [4.69, 9.17) is 5.73 Å². The average molecular weight is 332 g/mol. The Hall–Kier alpha value is -2.08. The number of amides is 3. The second-order valence-corrected chi connectivity index (χ2v) is 6.30. The smallest absolute Gasteiger partial charge is 0.320 e. The number of piperazine rings is 1. The van der Waals surface area contributed by atoms with E-state index in [1.54, 1.807) is 16.7 Å². The number of rotatable bonds is 4. The molecule has 1 aromatic carbocycles. The SMILES string of the molecule is CCN(CC)C(=O)N1CCN(C(=O)C(C)(N)c2ccccc2)CC1. The molecule has 0 bridgehead atoms. The molecule has 0 aliphatic carbocycles. The Morgan fingerprint density at radius 2 is 1.54 bits per heavy atom. The van der Waals surface area contributed by atoms with Gasteiger partial charge in [-0.15, -0.1) is 0 Å². The lowest BCUT2D eigenvalue weighted by Gasteiger charge is -2.40. The van der Waals surface area contributed by atoms with Crippen molar-refractivity contribution >= 4 is 11.9 Å². The zero-order valence-corrected chi connectivity index (χ0v) is 14.9. The van der Waals surface area contributed by atoms with Crippen LogP contribution in [0.4, 0.5) is 4.79 Å². The number of nitrogens with two attached hydrogens (primary N) is 1. The van der Waals surface area contributed by atoms with Crippen molar-refractivity contribution < 1.29 is 9.59 Å². The van der Waals surface area contributed by atoms with Gasteiger partial charge in [-0.25, -0.2) is 4.79 Å². The number of nitrogens with zero attached hydrogens (tertiary/aromatic N) is 3. The summed E-state index contributed by atoms with van der Waals surface area (Å²) in [6.07, 6.45) is 0. The van der Waals surface area contributed by atoms with E-state index in [1.807, 2.05) is 49.1 Å². The van der Waals surface area contributed by atoms with E-state index in [2.05, 4.69) is 0 Å². The number of hydrogen-bond acceptors (Lipinski definition) is 3. The van der Waals surface area contributed by atoms with E-state index in [-0.39, 0.29) is 11.9 Å². The molecule has 6 heteroatoms. The second kappa shape index (κ2) is 7.66. The number of hydrogen-bond donors (Lipinski definition) is 1. The van der Waals surface area contributed by atoms with Gasteiger partial charge in [-0.3, -0.25) is 4.79 Å². The highest BCUT2D eigenvalue weighted by atomic mass is 16.2. The summed E-state index contributed by atoms with van der Waals surface area (Å²) in [6, 6.07) is 9.46. The number of urea groups is 1. The molecule has 24 heavy (non-hydrogen) atoms. The molecule has 2 rings (SSSR count). The van der Waals surface area contributed by atoms with Crippen molar-refractivity contribution in [3.05, 3.63) is 35.9 Å². The fraction of sp³-hybridized carbons (Fsp3) is 0.556. The van der Waals surface area contributed by atoms with Gasteiger partial charge in [0.1, 0.15) is 5.54 Å². The highest BCUT2D eigenvalue weighted by Crippen LogP contribution is 2.21. The summed E-state index contributed by atoms with van der Waals surface area (Å²) in [4.78, 5) is 30.6. The Bertz CT molecular complexity index is 562. The van der Waals surface area contributed by atoms with Crippen LogP contribution in [0.25, 0.3) is 0 Å². The zero-order valence-electron chi connectivity index (χ0n) is 14.9. The van der Waals surface area contributed by atoms with Crippen LogP contribution in [-0.4, -0.2) is 65.9 Å². The van der Waals surface area contributed by atoms with Gasteiger partial charge >= 0.3 is 6.03 Å². The maximum atomic E-state index is 12.8. The highest BCUT2D eigenvalue weighted by molar-refractivity contribution is 5.87. The predicted molar refractivity (Wildman–Crippen MR) is 94.5 cm³/mol. The van der Waals surface area contributed by atoms with Gasteiger partial charge in [0.2, 0.25) is 5.91 Å². The van der Waals surface area contributed by atoms with Crippen molar-refractivity contribution in [3.63, 3.8) is 0 Å². The fourth-order valence-electron chi connectivity index (χ4n) is 3.03. The Morgan fingerprint density at radius 1 is 1.04 bits per heavy atom. The van der Waals surface area contributed by atoms with Crippen molar-refractivity contribution in [3.8, 4) is 0 Å². The minimum Gasteiger partial charge on any atom is -0.337 e.